The molecule has 0 saturated carbocycles. The fourth-order valence-electron chi connectivity index (χ4n) is 2.04. The van der Waals surface area contributed by atoms with E-state index in [-0.39, 0.29) is 0 Å². The van der Waals surface area contributed by atoms with Crippen molar-refractivity contribution in [1.82, 2.24) is 25.1 Å². The zero-order chi connectivity index (χ0) is 14.8. The van der Waals surface area contributed by atoms with E-state index in [1.54, 1.807) is 6.34 Å². The molecule has 1 aromatic carbocycles. The van der Waals surface area contributed by atoms with Crippen LogP contribution in [0.25, 0.3) is 22.3 Å². The van der Waals surface area contributed by atoms with E-state index >= 15 is 0 Å². The molecule has 0 bridgehead atoms. The van der Waals surface area contributed by atoms with Gasteiger partial charge in [0.25, 0.3) is 0 Å². The molecule has 0 saturated heterocycles. The molecule has 0 radical (unpaired) electrons. The Morgan fingerprint density at radius 3 is 2.62 bits per heavy atom. The van der Waals surface area contributed by atoms with Crippen LogP contribution in [0, 0.1) is 6.92 Å². The second-order valence-corrected chi connectivity index (χ2v) is 5.07. The third-order valence-electron chi connectivity index (χ3n) is 3.08. The van der Waals surface area contributed by atoms with E-state index in [0.717, 1.165) is 16.6 Å². The average Bonchev–Trinajstić information content (AvgIpc) is 2.90. The maximum atomic E-state index is 4.40. The minimum absolute atomic E-state index is 0.609. The highest BCUT2D eigenvalue weighted by Crippen LogP contribution is 2.31. The van der Waals surface area contributed by atoms with Crippen LogP contribution in [0.15, 0.2) is 35.6 Å². The third kappa shape index (κ3) is 2.60. The van der Waals surface area contributed by atoms with Crippen molar-refractivity contribution >= 4 is 23.2 Å². The van der Waals surface area contributed by atoms with Crippen LogP contribution in [0.5, 0.6) is 0 Å². The number of nitrogens with zero attached hydrogens (tertiary/aromatic N) is 5. The number of hydrogen-bond acceptors (Lipinski definition) is 4. The van der Waals surface area contributed by atoms with Gasteiger partial charge in [0, 0.05) is 19.7 Å². The molecule has 6 nitrogen and oxygen atoms in total. The van der Waals surface area contributed by atoms with Crippen molar-refractivity contribution in [3.05, 3.63) is 36.2 Å². The first-order valence-electron chi connectivity index (χ1n) is 6.62. The third-order valence-corrected chi connectivity index (χ3v) is 3.08. The molecule has 1 N–H and O–H groups in total. The summed E-state index contributed by atoms with van der Waals surface area (Å²) in [7, 11) is 3.83. The SMILES string of the molecule is Cc1ccc(-c2[nH]nc3ncnc(N=CN(C)C)c23)cc1. The molecule has 0 aliphatic rings. The maximum absolute atomic E-state index is 4.40. The molecule has 0 fully saturated rings. The number of hydrogen-bond donors (Lipinski definition) is 1. The molecule has 0 spiro atoms. The molecule has 2 heterocycles. The Hall–Kier alpha value is -2.76. The van der Waals surface area contributed by atoms with Gasteiger partial charge in [-0.15, -0.1) is 0 Å². The van der Waals surface area contributed by atoms with Gasteiger partial charge in [0.2, 0.25) is 0 Å². The van der Waals surface area contributed by atoms with Crippen LogP contribution in [0.1, 0.15) is 5.56 Å². The standard InChI is InChI=1S/C15H16N6/c1-10-4-6-11(7-5-10)13-12-14(18-9-21(2)3)16-8-17-15(12)20-19-13/h4-9H,1-3H3,(H,16,17,19,20). The number of H-pyrrole nitrogens is 1. The number of aromatic nitrogens is 4. The van der Waals surface area contributed by atoms with Crippen LogP contribution >= 0.6 is 0 Å². The number of fused-ring (bicyclic) bond motifs is 1. The molecular weight excluding hydrogens is 264 g/mol. The molecule has 0 aliphatic heterocycles. The van der Waals surface area contributed by atoms with Crippen LogP contribution in [0.3, 0.4) is 0 Å². The van der Waals surface area contributed by atoms with Gasteiger partial charge in [-0.3, -0.25) is 5.10 Å². The van der Waals surface area contributed by atoms with Crippen molar-refractivity contribution in [2.24, 2.45) is 4.99 Å². The number of benzene rings is 1. The molecule has 2 aromatic heterocycles. The van der Waals surface area contributed by atoms with E-state index in [2.05, 4.69) is 56.3 Å². The highest BCUT2D eigenvalue weighted by molar-refractivity contribution is 5.98. The van der Waals surface area contributed by atoms with Crippen molar-refractivity contribution in [3.63, 3.8) is 0 Å². The molecule has 3 rings (SSSR count). The van der Waals surface area contributed by atoms with Crippen molar-refractivity contribution in [1.29, 1.82) is 0 Å². The average molecular weight is 280 g/mol. The van der Waals surface area contributed by atoms with Gasteiger partial charge in [-0.1, -0.05) is 29.8 Å². The highest BCUT2D eigenvalue weighted by Gasteiger charge is 2.13. The zero-order valence-electron chi connectivity index (χ0n) is 12.2. The lowest BCUT2D eigenvalue weighted by Gasteiger charge is -2.04. The quantitative estimate of drug-likeness (QED) is 0.591. The first kappa shape index (κ1) is 13.2. The van der Waals surface area contributed by atoms with Crippen molar-refractivity contribution in [2.45, 2.75) is 6.92 Å². The lowest BCUT2D eigenvalue weighted by atomic mass is 10.1. The van der Waals surface area contributed by atoms with E-state index in [4.69, 9.17) is 0 Å². The fraction of sp³-hybridized carbons (Fsp3) is 0.200. The predicted molar refractivity (Wildman–Crippen MR) is 83.7 cm³/mol. The Balaban J connectivity index is 2.17. The summed E-state index contributed by atoms with van der Waals surface area (Å²) in [6.45, 7) is 2.06. The molecular formula is C15H16N6. The van der Waals surface area contributed by atoms with E-state index < -0.39 is 0 Å². The number of nitrogens with one attached hydrogen (secondary N) is 1. The summed E-state index contributed by atoms with van der Waals surface area (Å²) in [6, 6.07) is 8.23. The zero-order valence-corrected chi connectivity index (χ0v) is 12.2. The summed E-state index contributed by atoms with van der Waals surface area (Å²) < 4.78 is 0. The van der Waals surface area contributed by atoms with Crippen LogP contribution in [0.4, 0.5) is 5.82 Å². The van der Waals surface area contributed by atoms with Crippen molar-refractivity contribution < 1.29 is 0 Å². The minimum Gasteiger partial charge on any atom is -0.369 e. The summed E-state index contributed by atoms with van der Waals surface area (Å²) in [6.07, 6.45) is 3.19. The Morgan fingerprint density at radius 1 is 1.14 bits per heavy atom. The number of aryl methyl sites for hydroxylation is 1. The maximum Gasteiger partial charge on any atom is 0.186 e. The first-order valence-corrected chi connectivity index (χ1v) is 6.62. The normalized spacial score (nSPS) is 11.4. The molecule has 3 aromatic rings. The Bertz CT molecular complexity index is 786. The monoisotopic (exact) mass is 280 g/mol. The number of aliphatic imine (C=N–C) groups is 1. The molecule has 21 heavy (non-hydrogen) atoms. The summed E-state index contributed by atoms with van der Waals surface area (Å²) in [5.74, 6) is 0.609. The summed E-state index contributed by atoms with van der Waals surface area (Å²) >= 11 is 0. The van der Waals surface area contributed by atoms with E-state index in [1.165, 1.54) is 11.9 Å². The van der Waals surface area contributed by atoms with Gasteiger partial charge >= 0.3 is 0 Å². The minimum atomic E-state index is 0.609. The van der Waals surface area contributed by atoms with E-state index in [0.29, 0.717) is 11.5 Å². The van der Waals surface area contributed by atoms with Gasteiger partial charge in [0.1, 0.15) is 6.33 Å². The van der Waals surface area contributed by atoms with Gasteiger partial charge in [-0.2, -0.15) is 5.10 Å². The Morgan fingerprint density at radius 2 is 1.90 bits per heavy atom. The number of rotatable bonds is 3. The van der Waals surface area contributed by atoms with E-state index in [9.17, 15) is 0 Å². The Kier molecular flexibility index (Phi) is 3.35. The smallest absolute Gasteiger partial charge is 0.186 e. The van der Waals surface area contributed by atoms with Gasteiger partial charge < -0.3 is 4.90 Å². The number of aromatic amines is 1. The largest absolute Gasteiger partial charge is 0.369 e. The summed E-state index contributed by atoms with van der Waals surface area (Å²) in [5.41, 5.74) is 3.76. The molecule has 106 valence electrons. The predicted octanol–water partition coefficient (Wildman–Crippen LogP) is 2.55. The van der Waals surface area contributed by atoms with Crippen LogP contribution in [0.2, 0.25) is 0 Å². The van der Waals surface area contributed by atoms with Crippen molar-refractivity contribution in [2.75, 3.05) is 14.1 Å². The lowest BCUT2D eigenvalue weighted by molar-refractivity contribution is 0.643. The van der Waals surface area contributed by atoms with Crippen LogP contribution in [-0.4, -0.2) is 45.5 Å². The molecule has 6 heteroatoms. The summed E-state index contributed by atoms with van der Waals surface area (Å²) in [4.78, 5) is 14.7. The lowest BCUT2D eigenvalue weighted by Crippen LogP contribution is -2.07. The first-order chi connectivity index (χ1) is 10.1. The van der Waals surface area contributed by atoms with Crippen LogP contribution in [-0.2, 0) is 0 Å². The van der Waals surface area contributed by atoms with Gasteiger partial charge in [-0.25, -0.2) is 15.0 Å². The van der Waals surface area contributed by atoms with Crippen LogP contribution < -0.4 is 0 Å². The molecule has 0 atom stereocenters. The van der Waals surface area contributed by atoms with Gasteiger partial charge in [0.05, 0.1) is 17.4 Å². The fourth-order valence-corrected chi connectivity index (χ4v) is 2.04. The topological polar surface area (TPSA) is 70.1 Å². The molecule has 0 unspecified atom stereocenters. The highest BCUT2D eigenvalue weighted by atomic mass is 15.2. The van der Waals surface area contributed by atoms with E-state index in [1.807, 2.05) is 19.0 Å². The van der Waals surface area contributed by atoms with Crippen molar-refractivity contribution in [3.8, 4) is 11.3 Å². The second kappa shape index (κ2) is 5.32. The Labute approximate surface area is 122 Å². The molecule has 0 amide bonds. The second-order valence-electron chi connectivity index (χ2n) is 5.07. The van der Waals surface area contributed by atoms with Gasteiger partial charge in [0.15, 0.2) is 11.5 Å². The molecule has 0 aliphatic carbocycles. The summed E-state index contributed by atoms with van der Waals surface area (Å²) in [5, 5.41) is 8.11. The van der Waals surface area contributed by atoms with Gasteiger partial charge in [-0.05, 0) is 6.92 Å².